The molecule has 0 atom stereocenters. The average Bonchev–Trinajstić information content (AvgIpc) is 3.21. The van der Waals surface area contributed by atoms with Gasteiger partial charge in [0.15, 0.2) is 17.3 Å². The second-order valence-electron chi connectivity index (χ2n) is 7.37. The number of nitrogens with zero attached hydrogens (tertiary/aromatic N) is 2. The lowest BCUT2D eigenvalue weighted by Gasteiger charge is -2.12. The highest BCUT2D eigenvalue weighted by Gasteiger charge is 2.20. The van der Waals surface area contributed by atoms with Gasteiger partial charge in [0, 0.05) is 37.5 Å². The van der Waals surface area contributed by atoms with Gasteiger partial charge >= 0.3 is 0 Å². The van der Waals surface area contributed by atoms with Gasteiger partial charge < -0.3 is 28.6 Å². The van der Waals surface area contributed by atoms with Crippen molar-refractivity contribution in [3.63, 3.8) is 0 Å². The summed E-state index contributed by atoms with van der Waals surface area (Å²) in [6.45, 7) is 3.11. The molecule has 2 aromatic carbocycles. The molecule has 0 amide bonds. The Balaban J connectivity index is 2.02. The first-order chi connectivity index (χ1) is 15.0. The Labute approximate surface area is 183 Å². The minimum atomic E-state index is -0.0667. The van der Waals surface area contributed by atoms with Crippen molar-refractivity contribution in [2.24, 2.45) is 0 Å². The molecule has 1 N–H and O–H groups in total. The maximum atomic E-state index is 10.2. The summed E-state index contributed by atoms with van der Waals surface area (Å²) in [5.74, 6) is 1.55. The molecule has 7 heteroatoms. The predicted octanol–water partition coefficient (Wildman–Crippen LogP) is 5.11. The summed E-state index contributed by atoms with van der Waals surface area (Å²) >= 11 is 0. The van der Waals surface area contributed by atoms with Crippen LogP contribution in [-0.4, -0.2) is 45.0 Å². The van der Waals surface area contributed by atoms with E-state index in [1.54, 1.807) is 12.1 Å². The van der Waals surface area contributed by atoms with Crippen LogP contribution < -0.4 is 14.4 Å². The molecule has 0 spiro atoms. The molecule has 7 nitrogen and oxygen atoms in total. The first-order valence-electron chi connectivity index (χ1n) is 10.3. The number of aromatic hydroxyl groups is 1. The van der Waals surface area contributed by atoms with Crippen molar-refractivity contribution in [3.8, 4) is 40.0 Å². The van der Waals surface area contributed by atoms with E-state index in [0.717, 1.165) is 29.8 Å². The molecule has 0 fully saturated rings. The maximum Gasteiger partial charge on any atom is 0.227 e. The van der Waals surface area contributed by atoms with E-state index in [4.69, 9.17) is 23.6 Å². The summed E-state index contributed by atoms with van der Waals surface area (Å²) in [7, 11) is 6.97. The van der Waals surface area contributed by atoms with Crippen LogP contribution in [0.25, 0.3) is 22.7 Å². The third kappa shape index (κ3) is 5.11. The molecule has 166 valence electrons. The Hall–Kier alpha value is -3.19. The second kappa shape index (κ2) is 10.2. The number of hydrogen-bond donors (Lipinski definition) is 1. The lowest BCUT2D eigenvalue weighted by molar-refractivity contribution is 0.104. The smallest absolute Gasteiger partial charge is 0.227 e. The number of phenolic OH excluding ortho intramolecular Hbond substituents is 1. The number of unbranched alkanes of at least 4 members (excludes halogenated alkanes) is 1. The summed E-state index contributed by atoms with van der Waals surface area (Å²) < 4.78 is 22.5. The standard InChI is InChI=1S/C24H30N2O5/c1-6-7-12-30-15-21-22(16-8-10-18(11-9-16)26(2)3)25-24(31-21)17-13-19(28-4)23(27)20(14-17)29-5/h8-11,13-14,27H,6-7,12,15H2,1-5H3. The predicted molar refractivity (Wildman–Crippen MR) is 121 cm³/mol. The van der Waals surface area contributed by atoms with E-state index in [-0.39, 0.29) is 17.2 Å². The van der Waals surface area contributed by atoms with Gasteiger partial charge in [-0.1, -0.05) is 25.5 Å². The van der Waals surface area contributed by atoms with E-state index in [9.17, 15) is 5.11 Å². The first-order valence-corrected chi connectivity index (χ1v) is 10.3. The number of rotatable bonds is 10. The molecule has 3 rings (SSSR count). The van der Waals surface area contributed by atoms with Crippen LogP contribution in [0, 0.1) is 0 Å². The molecule has 0 aliphatic carbocycles. The molecule has 3 aromatic rings. The van der Waals surface area contributed by atoms with E-state index in [2.05, 4.69) is 6.92 Å². The van der Waals surface area contributed by atoms with Crippen LogP contribution in [0.15, 0.2) is 40.8 Å². The molecule has 0 radical (unpaired) electrons. The van der Waals surface area contributed by atoms with Crippen LogP contribution in [0.1, 0.15) is 25.5 Å². The fraction of sp³-hybridized carbons (Fsp3) is 0.375. The lowest BCUT2D eigenvalue weighted by Crippen LogP contribution is -2.07. The number of phenols is 1. The highest BCUT2D eigenvalue weighted by Crippen LogP contribution is 2.41. The van der Waals surface area contributed by atoms with Crippen molar-refractivity contribution >= 4 is 5.69 Å². The molecule has 0 saturated carbocycles. The number of anilines is 1. The fourth-order valence-corrected chi connectivity index (χ4v) is 3.14. The highest BCUT2D eigenvalue weighted by molar-refractivity contribution is 5.70. The van der Waals surface area contributed by atoms with Crippen LogP contribution >= 0.6 is 0 Å². The van der Waals surface area contributed by atoms with Crippen molar-refractivity contribution in [1.29, 1.82) is 0 Å². The Morgan fingerprint density at radius 2 is 1.65 bits per heavy atom. The van der Waals surface area contributed by atoms with Gasteiger partial charge in [-0.05, 0) is 30.7 Å². The molecule has 1 aromatic heterocycles. The second-order valence-corrected chi connectivity index (χ2v) is 7.37. The van der Waals surface area contributed by atoms with E-state index in [1.165, 1.54) is 14.2 Å². The molecule has 0 unspecified atom stereocenters. The minimum absolute atomic E-state index is 0.0667. The van der Waals surface area contributed by atoms with Gasteiger partial charge in [-0.3, -0.25) is 0 Å². The minimum Gasteiger partial charge on any atom is -0.502 e. The van der Waals surface area contributed by atoms with Crippen molar-refractivity contribution in [1.82, 2.24) is 4.98 Å². The number of oxazole rings is 1. The van der Waals surface area contributed by atoms with Crippen molar-refractivity contribution in [3.05, 3.63) is 42.2 Å². The molecular weight excluding hydrogens is 396 g/mol. The normalized spacial score (nSPS) is 10.9. The topological polar surface area (TPSA) is 77.2 Å². The van der Waals surface area contributed by atoms with Crippen LogP contribution in [0.5, 0.6) is 17.2 Å². The number of ether oxygens (including phenoxy) is 3. The van der Waals surface area contributed by atoms with Gasteiger partial charge in [0.2, 0.25) is 11.6 Å². The maximum absolute atomic E-state index is 10.2. The number of hydrogen-bond acceptors (Lipinski definition) is 7. The highest BCUT2D eigenvalue weighted by atomic mass is 16.5. The zero-order chi connectivity index (χ0) is 22.4. The lowest BCUT2D eigenvalue weighted by atomic mass is 10.1. The van der Waals surface area contributed by atoms with Crippen LogP contribution in [-0.2, 0) is 11.3 Å². The van der Waals surface area contributed by atoms with Crippen molar-refractivity contribution in [2.45, 2.75) is 26.4 Å². The Morgan fingerprint density at radius 1 is 1.00 bits per heavy atom. The molecule has 31 heavy (non-hydrogen) atoms. The largest absolute Gasteiger partial charge is 0.502 e. The summed E-state index contributed by atoms with van der Waals surface area (Å²) in [5.41, 5.74) is 3.40. The Kier molecular flexibility index (Phi) is 7.41. The molecule has 0 aliphatic heterocycles. The molecular formula is C24H30N2O5. The third-order valence-electron chi connectivity index (χ3n) is 4.96. The number of benzene rings is 2. The van der Waals surface area contributed by atoms with E-state index < -0.39 is 0 Å². The van der Waals surface area contributed by atoms with Crippen molar-refractivity contribution in [2.75, 3.05) is 39.8 Å². The van der Waals surface area contributed by atoms with Gasteiger partial charge in [0.1, 0.15) is 12.3 Å². The molecule has 0 bridgehead atoms. The zero-order valence-corrected chi connectivity index (χ0v) is 18.8. The third-order valence-corrected chi connectivity index (χ3v) is 4.96. The van der Waals surface area contributed by atoms with Gasteiger partial charge in [-0.25, -0.2) is 4.98 Å². The fourth-order valence-electron chi connectivity index (χ4n) is 3.14. The summed E-state index contributed by atoms with van der Waals surface area (Å²) in [4.78, 5) is 6.80. The van der Waals surface area contributed by atoms with Crippen LogP contribution in [0.2, 0.25) is 0 Å². The van der Waals surface area contributed by atoms with E-state index in [0.29, 0.717) is 30.4 Å². The van der Waals surface area contributed by atoms with Crippen LogP contribution in [0.3, 0.4) is 0 Å². The SMILES string of the molecule is CCCCOCc1oc(-c2cc(OC)c(O)c(OC)c2)nc1-c1ccc(N(C)C)cc1. The zero-order valence-electron chi connectivity index (χ0n) is 18.8. The number of methoxy groups -OCH3 is 2. The van der Waals surface area contributed by atoms with Gasteiger partial charge in [-0.15, -0.1) is 0 Å². The molecule has 1 heterocycles. The van der Waals surface area contributed by atoms with E-state index in [1.807, 2.05) is 43.3 Å². The monoisotopic (exact) mass is 426 g/mol. The number of aromatic nitrogens is 1. The van der Waals surface area contributed by atoms with Gasteiger partial charge in [0.25, 0.3) is 0 Å². The van der Waals surface area contributed by atoms with Crippen LogP contribution in [0.4, 0.5) is 5.69 Å². The first kappa shape index (κ1) is 22.5. The summed E-state index contributed by atoms with van der Waals surface area (Å²) in [6.07, 6.45) is 2.05. The Bertz CT molecular complexity index is 971. The quantitative estimate of drug-likeness (QED) is 0.451. The van der Waals surface area contributed by atoms with Gasteiger partial charge in [0.05, 0.1) is 14.2 Å². The van der Waals surface area contributed by atoms with Gasteiger partial charge in [-0.2, -0.15) is 0 Å². The van der Waals surface area contributed by atoms with E-state index >= 15 is 0 Å². The summed E-state index contributed by atoms with van der Waals surface area (Å²) in [6, 6.07) is 11.5. The van der Waals surface area contributed by atoms with Crippen molar-refractivity contribution < 1.29 is 23.7 Å². The molecule has 0 aliphatic rings. The average molecular weight is 427 g/mol. The Morgan fingerprint density at radius 3 is 2.19 bits per heavy atom. The summed E-state index contributed by atoms with van der Waals surface area (Å²) in [5, 5.41) is 10.2. The molecule has 0 saturated heterocycles.